The predicted octanol–water partition coefficient (Wildman–Crippen LogP) is 3.38. The summed E-state index contributed by atoms with van der Waals surface area (Å²) < 4.78 is 21.7. The van der Waals surface area contributed by atoms with Gasteiger partial charge in [-0.05, 0) is 30.9 Å². The first-order valence-corrected chi connectivity index (χ1v) is 9.61. The molecule has 2 N–H and O–H groups in total. The van der Waals surface area contributed by atoms with Gasteiger partial charge in [-0.1, -0.05) is 25.1 Å². The van der Waals surface area contributed by atoms with Gasteiger partial charge in [-0.15, -0.1) is 6.58 Å². The fraction of sp³-hybridized carbons (Fsp3) is 0.524. The van der Waals surface area contributed by atoms with Crippen molar-refractivity contribution in [1.82, 2.24) is 15.5 Å². The van der Waals surface area contributed by atoms with Gasteiger partial charge in [0.1, 0.15) is 0 Å². The summed E-state index contributed by atoms with van der Waals surface area (Å²) in [6.45, 7) is 8.21. The van der Waals surface area contributed by atoms with E-state index in [-0.39, 0.29) is 12.0 Å². The SMILES string of the molecule is C=CCC[C@H](O)CN[C@@H](c1nc(-c2cc(OC)c(OC)c(OC)c2)no1)C(C)C. The van der Waals surface area contributed by atoms with E-state index in [1.807, 2.05) is 0 Å². The summed E-state index contributed by atoms with van der Waals surface area (Å²) >= 11 is 0. The van der Waals surface area contributed by atoms with E-state index in [4.69, 9.17) is 18.7 Å². The van der Waals surface area contributed by atoms with Gasteiger partial charge in [-0.25, -0.2) is 0 Å². The fourth-order valence-electron chi connectivity index (χ4n) is 2.97. The first-order chi connectivity index (χ1) is 13.9. The summed E-state index contributed by atoms with van der Waals surface area (Å²) in [5, 5.41) is 17.5. The number of aliphatic hydroxyl groups is 1. The lowest BCUT2D eigenvalue weighted by Crippen LogP contribution is -2.33. The van der Waals surface area contributed by atoms with Crippen molar-refractivity contribution < 1.29 is 23.8 Å². The van der Waals surface area contributed by atoms with E-state index in [0.29, 0.717) is 47.5 Å². The minimum atomic E-state index is -0.466. The van der Waals surface area contributed by atoms with Gasteiger partial charge < -0.3 is 29.2 Å². The number of nitrogens with one attached hydrogen (secondary N) is 1. The molecule has 0 bridgehead atoms. The molecular weight excluding hydrogens is 374 g/mol. The van der Waals surface area contributed by atoms with Crippen LogP contribution in [0.5, 0.6) is 17.2 Å². The second-order valence-electron chi connectivity index (χ2n) is 7.02. The van der Waals surface area contributed by atoms with Gasteiger partial charge in [0.15, 0.2) is 11.5 Å². The van der Waals surface area contributed by atoms with Crippen LogP contribution in [0.4, 0.5) is 0 Å². The van der Waals surface area contributed by atoms with Gasteiger partial charge in [-0.3, -0.25) is 0 Å². The lowest BCUT2D eigenvalue weighted by Gasteiger charge is -2.20. The first kappa shape index (κ1) is 22.7. The molecule has 0 saturated carbocycles. The number of rotatable bonds is 12. The lowest BCUT2D eigenvalue weighted by molar-refractivity contribution is 0.150. The predicted molar refractivity (Wildman–Crippen MR) is 110 cm³/mol. The van der Waals surface area contributed by atoms with Crippen molar-refractivity contribution in [2.45, 2.75) is 38.8 Å². The maximum absolute atomic E-state index is 10.1. The summed E-state index contributed by atoms with van der Waals surface area (Å²) in [5.41, 5.74) is 0.683. The molecule has 1 aromatic heterocycles. The van der Waals surface area contributed by atoms with Crippen LogP contribution >= 0.6 is 0 Å². The standard InChI is InChI=1S/C21H31N3O5/c1-7-8-9-15(25)12-22-18(13(2)3)21-23-20(24-29-21)14-10-16(26-4)19(28-6)17(11-14)27-5/h7,10-11,13,15,18,22,25H,1,8-9,12H2,2-6H3/t15-,18+/m0/s1. The number of aromatic nitrogens is 2. The molecule has 0 aliphatic rings. The highest BCUT2D eigenvalue weighted by atomic mass is 16.5. The van der Waals surface area contributed by atoms with Crippen molar-refractivity contribution >= 4 is 0 Å². The summed E-state index contributed by atoms with van der Waals surface area (Å²) in [6.07, 6.45) is 2.75. The molecule has 8 heteroatoms. The molecular formula is C21H31N3O5. The Balaban J connectivity index is 2.24. The number of benzene rings is 1. The van der Waals surface area contributed by atoms with Crippen molar-refractivity contribution in [3.05, 3.63) is 30.7 Å². The van der Waals surface area contributed by atoms with Crippen molar-refractivity contribution in [3.8, 4) is 28.6 Å². The number of hydrogen-bond donors (Lipinski definition) is 2. The molecule has 0 aliphatic heterocycles. The van der Waals surface area contributed by atoms with Crippen LogP contribution < -0.4 is 19.5 Å². The van der Waals surface area contributed by atoms with Crippen molar-refractivity contribution in [2.24, 2.45) is 5.92 Å². The maximum atomic E-state index is 10.1. The fourth-order valence-corrected chi connectivity index (χ4v) is 2.97. The van der Waals surface area contributed by atoms with Crippen LogP contribution in [0.3, 0.4) is 0 Å². The molecule has 0 saturated heterocycles. The third kappa shape index (κ3) is 5.71. The lowest BCUT2D eigenvalue weighted by atomic mass is 10.0. The number of ether oxygens (including phenoxy) is 3. The van der Waals surface area contributed by atoms with Crippen molar-refractivity contribution in [1.29, 1.82) is 0 Å². The Morgan fingerprint density at radius 1 is 1.17 bits per heavy atom. The van der Waals surface area contributed by atoms with E-state index in [1.54, 1.807) is 39.5 Å². The smallest absolute Gasteiger partial charge is 0.244 e. The van der Waals surface area contributed by atoms with Gasteiger partial charge in [-0.2, -0.15) is 4.98 Å². The topological polar surface area (TPSA) is 98.9 Å². The minimum absolute atomic E-state index is 0.184. The van der Waals surface area contributed by atoms with Gasteiger partial charge in [0.2, 0.25) is 17.5 Å². The molecule has 1 aromatic carbocycles. The summed E-state index contributed by atoms with van der Waals surface area (Å²) in [5.74, 6) is 2.58. The highest BCUT2D eigenvalue weighted by Crippen LogP contribution is 2.40. The number of aliphatic hydroxyl groups excluding tert-OH is 1. The molecule has 0 unspecified atom stereocenters. The molecule has 0 spiro atoms. The van der Waals surface area contributed by atoms with Crippen LogP contribution in [-0.2, 0) is 0 Å². The quantitative estimate of drug-likeness (QED) is 0.519. The Bertz CT molecular complexity index is 765. The van der Waals surface area contributed by atoms with Crippen LogP contribution in [0.25, 0.3) is 11.4 Å². The van der Waals surface area contributed by atoms with Crippen LogP contribution in [-0.4, -0.2) is 49.2 Å². The molecule has 1 heterocycles. The highest BCUT2D eigenvalue weighted by molar-refractivity contribution is 5.66. The third-order valence-corrected chi connectivity index (χ3v) is 4.57. The van der Waals surface area contributed by atoms with E-state index in [2.05, 4.69) is 35.9 Å². The van der Waals surface area contributed by atoms with Crippen LogP contribution in [0.15, 0.2) is 29.3 Å². The second kappa shape index (κ2) is 10.8. The Morgan fingerprint density at radius 2 is 1.83 bits per heavy atom. The summed E-state index contributed by atoms with van der Waals surface area (Å²) in [4.78, 5) is 4.56. The Labute approximate surface area is 171 Å². The molecule has 2 aromatic rings. The molecule has 2 atom stereocenters. The Hall–Kier alpha value is -2.58. The Kier molecular flexibility index (Phi) is 8.48. The number of methoxy groups -OCH3 is 3. The molecule has 2 rings (SSSR count). The molecule has 0 amide bonds. The van der Waals surface area contributed by atoms with Gasteiger partial charge in [0.25, 0.3) is 0 Å². The van der Waals surface area contributed by atoms with E-state index in [0.717, 1.165) is 6.42 Å². The zero-order valence-electron chi connectivity index (χ0n) is 17.8. The highest BCUT2D eigenvalue weighted by Gasteiger charge is 2.24. The second-order valence-corrected chi connectivity index (χ2v) is 7.02. The average Bonchev–Trinajstić information content (AvgIpc) is 3.20. The number of hydrogen-bond acceptors (Lipinski definition) is 8. The molecule has 29 heavy (non-hydrogen) atoms. The monoisotopic (exact) mass is 405 g/mol. The van der Waals surface area contributed by atoms with Crippen molar-refractivity contribution in [2.75, 3.05) is 27.9 Å². The molecule has 8 nitrogen and oxygen atoms in total. The van der Waals surface area contributed by atoms with Crippen LogP contribution in [0.1, 0.15) is 38.6 Å². The first-order valence-electron chi connectivity index (χ1n) is 9.61. The third-order valence-electron chi connectivity index (χ3n) is 4.57. The van der Waals surface area contributed by atoms with E-state index >= 15 is 0 Å². The van der Waals surface area contributed by atoms with Gasteiger partial charge >= 0.3 is 0 Å². The molecule has 0 aliphatic carbocycles. The zero-order valence-corrected chi connectivity index (χ0v) is 17.8. The molecule has 0 radical (unpaired) electrons. The largest absolute Gasteiger partial charge is 0.493 e. The summed E-state index contributed by atoms with van der Waals surface area (Å²) in [7, 11) is 4.66. The Morgan fingerprint density at radius 3 is 2.34 bits per heavy atom. The van der Waals surface area contributed by atoms with Gasteiger partial charge in [0, 0.05) is 12.1 Å². The van der Waals surface area contributed by atoms with Crippen molar-refractivity contribution in [3.63, 3.8) is 0 Å². The average molecular weight is 405 g/mol. The number of nitrogens with zero attached hydrogens (tertiary/aromatic N) is 2. The summed E-state index contributed by atoms with van der Waals surface area (Å²) in [6, 6.07) is 3.36. The van der Waals surface area contributed by atoms with E-state index in [9.17, 15) is 5.11 Å². The van der Waals surface area contributed by atoms with Crippen LogP contribution in [0, 0.1) is 5.92 Å². The van der Waals surface area contributed by atoms with E-state index in [1.165, 1.54) is 0 Å². The van der Waals surface area contributed by atoms with Gasteiger partial charge in [0.05, 0.1) is 33.5 Å². The zero-order chi connectivity index (χ0) is 21.4. The molecule has 160 valence electrons. The molecule has 0 fully saturated rings. The minimum Gasteiger partial charge on any atom is -0.493 e. The van der Waals surface area contributed by atoms with E-state index < -0.39 is 6.10 Å². The maximum Gasteiger partial charge on any atom is 0.244 e. The number of allylic oxidation sites excluding steroid dienone is 1. The van der Waals surface area contributed by atoms with Crippen LogP contribution in [0.2, 0.25) is 0 Å². The normalized spacial score (nSPS) is 13.2.